The Morgan fingerprint density at radius 1 is 1.48 bits per heavy atom. The van der Waals surface area contributed by atoms with Crippen molar-refractivity contribution in [1.82, 2.24) is 10.2 Å². The van der Waals surface area contributed by atoms with Crippen LogP contribution < -0.4 is 5.32 Å². The van der Waals surface area contributed by atoms with Crippen molar-refractivity contribution in [3.05, 3.63) is 0 Å². The number of piperidine rings is 1. The third-order valence-corrected chi connectivity index (χ3v) is 7.18. The van der Waals surface area contributed by atoms with Gasteiger partial charge in [0.05, 0.1) is 0 Å². The van der Waals surface area contributed by atoms with Crippen molar-refractivity contribution >= 4 is 27.5 Å². The summed E-state index contributed by atoms with van der Waals surface area (Å²) in [7, 11) is -3.21. The van der Waals surface area contributed by atoms with Gasteiger partial charge in [-0.2, -0.15) is 11.8 Å². The number of carbonyl (C=O) groups excluding carboxylic acids is 1. The fourth-order valence-corrected chi connectivity index (χ4v) is 5.98. The van der Waals surface area contributed by atoms with Gasteiger partial charge in [0.1, 0.15) is 5.37 Å². The van der Waals surface area contributed by atoms with Crippen LogP contribution in [0.2, 0.25) is 0 Å². The predicted molar refractivity (Wildman–Crippen MR) is 87.0 cm³/mol. The van der Waals surface area contributed by atoms with Crippen LogP contribution >= 0.6 is 11.8 Å². The molecular weight excluding hydrogens is 308 g/mol. The van der Waals surface area contributed by atoms with Crippen molar-refractivity contribution in [3.8, 4) is 0 Å². The number of carbonyl (C=O) groups is 1. The number of hydrogen-bond donors (Lipinski definition) is 1. The highest BCUT2D eigenvalue weighted by Gasteiger charge is 2.35. The first-order valence-corrected chi connectivity index (χ1v) is 10.8. The van der Waals surface area contributed by atoms with E-state index in [-0.39, 0.29) is 5.91 Å². The highest BCUT2D eigenvalue weighted by molar-refractivity contribution is 8.00. The molecule has 2 fully saturated rings. The van der Waals surface area contributed by atoms with E-state index in [0.29, 0.717) is 30.6 Å². The van der Waals surface area contributed by atoms with E-state index >= 15 is 0 Å². The van der Waals surface area contributed by atoms with Crippen LogP contribution in [0.3, 0.4) is 0 Å². The Hall–Kier alpha value is -0.270. The smallest absolute Gasteiger partial charge is 0.223 e. The van der Waals surface area contributed by atoms with Crippen LogP contribution in [0, 0.1) is 11.8 Å². The molecule has 0 aromatic rings. The minimum atomic E-state index is -3.21. The molecule has 5 nitrogen and oxygen atoms in total. The first-order valence-electron chi connectivity index (χ1n) is 7.66. The molecule has 2 heterocycles. The number of nitrogens with one attached hydrogen (secondary N) is 1. The van der Waals surface area contributed by atoms with Gasteiger partial charge in [-0.05, 0) is 37.8 Å². The lowest BCUT2D eigenvalue weighted by molar-refractivity contribution is -0.132. The summed E-state index contributed by atoms with van der Waals surface area (Å²) < 4.78 is 23.7. The second-order valence-corrected chi connectivity index (χ2v) is 9.59. The third kappa shape index (κ3) is 4.60. The van der Waals surface area contributed by atoms with Crippen LogP contribution in [-0.4, -0.2) is 62.0 Å². The van der Waals surface area contributed by atoms with Crippen LogP contribution in [0.1, 0.15) is 26.2 Å². The number of sulfone groups is 1. The SMILES string of the molecule is CC(CC(=O)N1CCSCC1S(C)(=O)=O)C1CCCNC1. The molecular formula is C14H26N2O3S2. The lowest BCUT2D eigenvalue weighted by atomic mass is 9.85. The molecule has 2 aliphatic heterocycles. The molecule has 0 bridgehead atoms. The van der Waals surface area contributed by atoms with Gasteiger partial charge in [0.15, 0.2) is 9.84 Å². The summed E-state index contributed by atoms with van der Waals surface area (Å²) in [6, 6.07) is 0. The molecule has 21 heavy (non-hydrogen) atoms. The highest BCUT2D eigenvalue weighted by Crippen LogP contribution is 2.26. The molecule has 0 saturated carbocycles. The van der Waals surface area contributed by atoms with Crippen molar-refractivity contribution in [2.24, 2.45) is 11.8 Å². The summed E-state index contributed by atoms with van der Waals surface area (Å²) in [4.78, 5) is 14.1. The van der Waals surface area contributed by atoms with Crippen LogP contribution in [0.5, 0.6) is 0 Å². The maximum absolute atomic E-state index is 12.5. The maximum Gasteiger partial charge on any atom is 0.223 e. The Bertz CT molecular complexity index is 461. The molecule has 3 unspecified atom stereocenters. The van der Waals surface area contributed by atoms with Crippen LogP contribution in [0.4, 0.5) is 0 Å². The monoisotopic (exact) mass is 334 g/mol. The van der Waals surface area contributed by atoms with Crippen molar-refractivity contribution in [2.75, 3.05) is 37.4 Å². The van der Waals surface area contributed by atoms with E-state index < -0.39 is 15.2 Å². The Morgan fingerprint density at radius 3 is 2.86 bits per heavy atom. The summed E-state index contributed by atoms with van der Waals surface area (Å²) >= 11 is 1.61. The lowest BCUT2D eigenvalue weighted by Gasteiger charge is -2.36. The fraction of sp³-hybridized carbons (Fsp3) is 0.929. The topological polar surface area (TPSA) is 66.5 Å². The standard InChI is InChI=1S/C14H26N2O3S2/c1-11(12-4-3-5-15-9-12)8-13(17)16-6-7-20-10-14(16)21(2,18)19/h11-12,14-15H,3-10H2,1-2H3. The third-order valence-electron chi connectivity index (χ3n) is 4.54. The van der Waals surface area contributed by atoms with Crippen LogP contribution in [0.25, 0.3) is 0 Å². The van der Waals surface area contributed by atoms with E-state index in [4.69, 9.17) is 0 Å². The number of rotatable bonds is 4. The molecule has 1 N–H and O–H groups in total. The summed E-state index contributed by atoms with van der Waals surface area (Å²) in [5.41, 5.74) is 0. The minimum absolute atomic E-state index is 0.00352. The number of hydrogen-bond acceptors (Lipinski definition) is 5. The molecule has 0 aliphatic carbocycles. The summed E-state index contributed by atoms with van der Waals surface area (Å²) in [5, 5.41) is 2.74. The molecule has 2 rings (SSSR count). The first kappa shape index (κ1) is 17.1. The molecule has 122 valence electrons. The second-order valence-electron chi connectivity index (χ2n) is 6.23. The van der Waals surface area contributed by atoms with E-state index in [0.717, 1.165) is 31.7 Å². The normalized spacial score (nSPS) is 29.1. The first-order chi connectivity index (χ1) is 9.89. The van der Waals surface area contributed by atoms with Gasteiger partial charge in [0, 0.05) is 30.7 Å². The Kier molecular flexibility index (Phi) is 5.96. The van der Waals surface area contributed by atoms with Gasteiger partial charge in [0.25, 0.3) is 0 Å². The second kappa shape index (κ2) is 7.33. The largest absolute Gasteiger partial charge is 0.324 e. The van der Waals surface area contributed by atoms with E-state index in [2.05, 4.69) is 12.2 Å². The minimum Gasteiger partial charge on any atom is -0.324 e. The zero-order valence-corrected chi connectivity index (χ0v) is 14.5. The summed E-state index contributed by atoms with van der Waals surface area (Å²) in [5.74, 6) is 2.17. The summed E-state index contributed by atoms with van der Waals surface area (Å²) in [6.45, 7) is 4.71. The zero-order valence-electron chi connectivity index (χ0n) is 12.9. The van der Waals surface area contributed by atoms with Gasteiger partial charge >= 0.3 is 0 Å². The Morgan fingerprint density at radius 2 is 2.24 bits per heavy atom. The predicted octanol–water partition coefficient (Wildman–Crippen LogP) is 0.958. The van der Waals surface area contributed by atoms with Gasteiger partial charge in [0.2, 0.25) is 5.91 Å². The quantitative estimate of drug-likeness (QED) is 0.829. The Balaban J connectivity index is 1.97. The number of amides is 1. The molecule has 3 atom stereocenters. The maximum atomic E-state index is 12.5. The van der Waals surface area contributed by atoms with E-state index in [9.17, 15) is 13.2 Å². The zero-order chi connectivity index (χ0) is 15.5. The summed E-state index contributed by atoms with van der Waals surface area (Å²) in [6.07, 6.45) is 4.02. The molecule has 0 aromatic heterocycles. The lowest BCUT2D eigenvalue weighted by Crippen LogP contribution is -2.50. The average molecular weight is 335 g/mol. The van der Waals surface area contributed by atoms with Crippen molar-refractivity contribution in [1.29, 1.82) is 0 Å². The average Bonchev–Trinajstić information content (AvgIpc) is 2.47. The van der Waals surface area contributed by atoms with Gasteiger partial charge in [-0.15, -0.1) is 0 Å². The number of nitrogens with zero attached hydrogens (tertiary/aromatic N) is 1. The van der Waals surface area contributed by atoms with Crippen molar-refractivity contribution < 1.29 is 13.2 Å². The number of thioether (sulfide) groups is 1. The van der Waals surface area contributed by atoms with E-state index in [1.807, 2.05) is 0 Å². The Labute approximate surface area is 132 Å². The molecule has 7 heteroatoms. The van der Waals surface area contributed by atoms with Gasteiger partial charge in [-0.3, -0.25) is 4.79 Å². The van der Waals surface area contributed by atoms with E-state index in [1.165, 1.54) is 6.26 Å². The van der Waals surface area contributed by atoms with Gasteiger partial charge < -0.3 is 10.2 Å². The van der Waals surface area contributed by atoms with Gasteiger partial charge in [-0.25, -0.2) is 8.42 Å². The van der Waals surface area contributed by atoms with Crippen molar-refractivity contribution in [3.63, 3.8) is 0 Å². The van der Waals surface area contributed by atoms with Crippen LogP contribution in [0.15, 0.2) is 0 Å². The highest BCUT2D eigenvalue weighted by atomic mass is 32.2. The fourth-order valence-electron chi connectivity index (χ4n) is 3.14. The van der Waals surface area contributed by atoms with E-state index in [1.54, 1.807) is 16.7 Å². The van der Waals surface area contributed by atoms with Crippen molar-refractivity contribution in [2.45, 2.75) is 31.6 Å². The molecule has 0 aromatic carbocycles. The van der Waals surface area contributed by atoms with Crippen LogP contribution in [-0.2, 0) is 14.6 Å². The molecule has 1 amide bonds. The molecule has 0 radical (unpaired) electrons. The molecule has 0 spiro atoms. The molecule has 2 saturated heterocycles. The van der Waals surface area contributed by atoms with Gasteiger partial charge in [-0.1, -0.05) is 6.92 Å². The molecule has 2 aliphatic rings.